The molecule has 0 radical (unpaired) electrons. The topological polar surface area (TPSA) is 95.0 Å². The maximum atomic E-state index is 13.5. The molecular weight excluding hydrogens is 420 g/mol. The van der Waals surface area contributed by atoms with Crippen LogP contribution in [0.5, 0.6) is 5.88 Å². The summed E-state index contributed by atoms with van der Waals surface area (Å²) in [6.45, 7) is 8.30. The standard InChI is InChI=1S/C25H38N4O4/c1-16(2)27-25(32)28(5)14-22-17(3)13-29(18(4)15-30)24(31)21-11-20(12-26-23(21)33-22)19-9-7-6-8-10-19/h9,11-12,16-18,22,30H,6-8,10,13-15H2,1-5H3,(H,27,32)/t17-,18-,22-/m0/s1. The molecular formula is C25H38N4O4. The van der Waals surface area contributed by atoms with Crippen LogP contribution in [0.4, 0.5) is 4.79 Å². The van der Waals surface area contributed by atoms with Gasteiger partial charge < -0.3 is 25.0 Å². The van der Waals surface area contributed by atoms with Crippen molar-refractivity contribution in [2.24, 2.45) is 5.92 Å². The van der Waals surface area contributed by atoms with Crippen LogP contribution >= 0.6 is 0 Å². The fraction of sp³-hybridized carbons (Fsp3) is 0.640. The predicted molar refractivity (Wildman–Crippen MR) is 128 cm³/mol. The Labute approximate surface area is 197 Å². The van der Waals surface area contributed by atoms with E-state index in [1.165, 1.54) is 12.0 Å². The first-order chi connectivity index (χ1) is 15.7. The van der Waals surface area contributed by atoms with E-state index < -0.39 is 0 Å². The van der Waals surface area contributed by atoms with E-state index in [9.17, 15) is 14.7 Å². The van der Waals surface area contributed by atoms with Gasteiger partial charge in [-0.3, -0.25) is 4.79 Å². The molecule has 2 aliphatic rings. The van der Waals surface area contributed by atoms with E-state index in [0.717, 1.165) is 24.8 Å². The number of hydrogen-bond acceptors (Lipinski definition) is 5. The van der Waals surface area contributed by atoms with E-state index in [1.807, 2.05) is 33.8 Å². The number of aromatic nitrogens is 1. The third kappa shape index (κ3) is 6.05. The second kappa shape index (κ2) is 11.0. The molecule has 2 N–H and O–H groups in total. The van der Waals surface area contributed by atoms with Crippen LogP contribution in [-0.2, 0) is 0 Å². The molecule has 33 heavy (non-hydrogen) atoms. The number of carbonyl (C=O) groups excluding carboxylic acids is 2. The maximum Gasteiger partial charge on any atom is 0.317 e. The summed E-state index contributed by atoms with van der Waals surface area (Å²) in [5, 5.41) is 12.7. The van der Waals surface area contributed by atoms with Crippen LogP contribution in [0.15, 0.2) is 18.3 Å². The average Bonchev–Trinajstić information content (AvgIpc) is 2.80. The van der Waals surface area contributed by atoms with Gasteiger partial charge in [-0.15, -0.1) is 0 Å². The molecule has 1 aliphatic heterocycles. The van der Waals surface area contributed by atoms with E-state index in [0.29, 0.717) is 18.7 Å². The molecule has 3 amide bonds. The zero-order valence-corrected chi connectivity index (χ0v) is 20.5. The van der Waals surface area contributed by atoms with Gasteiger partial charge in [0.2, 0.25) is 5.88 Å². The molecule has 0 saturated carbocycles. The number of likely N-dealkylation sites (N-methyl/N-ethyl adjacent to an activating group) is 1. The Morgan fingerprint density at radius 2 is 2.12 bits per heavy atom. The Morgan fingerprint density at radius 1 is 1.36 bits per heavy atom. The summed E-state index contributed by atoms with van der Waals surface area (Å²) in [7, 11) is 1.73. The minimum absolute atomic E-state index is 0.0315. The lowest BCUT2D eigenvalue weighted by molar-refractivity contribution is 0.0351. The lowest BCUT2D eigenvalue weighted by atomic mass is 9.93. The Hall–Kier alpha value is -2.61. The number of hydrogen-bond donors (Lipinski definition) is 2. The molecule has 3 rings (SSSR count). The third-order valence-electron chi connectivity index (χ3n) is 6.40. The van der Waals surface area contributed by atoms with Crippen molar-refractivity contribution in [3.63, 3.8) is 0 Å². The van der Waals surface area contributed by atoms with Crippen molar-refractivity contribution in [1.82, 2.24) is 20.1 Å². The number of aliphatic hydroxyl groups is 1. The van der Waals surface area contributed by atoms with Crippen molar-refractivity contribution in [1.29, 1.82) is 0 Å². The molecule has 3 atom stereocenters. The summed E-state index contributed by atoms with van der Waals surface area (Å²) in [6.07, 6.45) is 7.97. The van der Waals surface area contributed by atoms with E-state index in [-0.39, 0.29) is 48.5 Å². The van der Waals surface area contributed by atoms with Gasteiger partial charge in [0.15, 0.2) is 0 Å². The van der Waals surface area contributed by atoms with Crippen molar-refractivity contribution >= 4 is 17.5 Å². The van der Waals surface area contributed by atoms with Gasteiger partial charge in [0.25, 0.3) is 5.91 Å². The second-order valence-electron chi connectivity index (χ2n) is 9.66. The molecule has 0 unspecified atom stereocenters. The number of allylic oxidation sites excluding steroid dienone is 2. The molecule has 8 nitrogen and oxygen atoms in total. The number of fused-ring (bicyclic) bond motifs is 1. The normalized spacial score (nSPS) is 22.0. The number of nitrogens with zero attached hydrogens (tertiary/aromatic N) is 3. The first-order valence-electron chi connectivity index (χ1n) is 12.0. The summed E-state index contributed by atoms with van der Waals surface area (Å²) in [4.78, 5) is 33.9. The van der Waals surface area contributed by atoms with Gasteiger partial charge in [-0.25, -0.2) is 9.78 Å². The summed E-state index contributed by atoms with van der Waals surface area (Å²) < 4.78 is 6.29. The van der Waals surface area contributed by atoms with Gasteiger partial charge in [-0.05, 0) is 63.7 Å². The zero-order chi connectivity index (χ0) is 24.1. The number of amides is 3. The summed E-state index contributed by atoms with van der Waals surface area (Å²) in [5.74, 6) is 0.0194. The van der Waals surface area contributed by atoms with Gasteiger partial charge in [-0.2, -0.15) is 0 Å². The van der Waals surface area contributed by atoms with Crippen LogP contribution < -0.4 is 10.1 Å². The maximum absolute atomic E-state index is 13.5. The monoisotopic (exact) mass is 458 g/mol. The molecule has 0 fully saturated rings. The average molecular weight is 459 g/mol. The largest absolute Gasteiger partial charge is 0.472 e. The fourth-order valence-corrected chi connectivity index (χ4v) is 4.31. The van der Waals surface area contributed by atoms with E-state index in [2.05, 4.69) is 16.4 Å². The molecule has 1 aliphatic carbocycles. The van der Waals surface area contributed by atoms with E-state index in [1.54, 1.807) is 23.0 Å². The summed E-state index contributed by atoms with van der Waals surface area (Å²) in [5.41, 5.74) is 2.56. The highest BCUT2D eigenvalue weighted by atomic mass is 16.5. The van der Waals surface area contributed by atoms with E-state index >= 15 is 0 Å². The minimum atomic E-state index is -0.361. The molecule has 0 saturated heterocycles. The molecule has 0 aromatic carbocycles. The molecule has 1 aromatic heterocycles. The molecule has 0 spiro atoms. The summed E-state index contributed by atoms with van der Waals surface area (Å²) in [6, 6.07) is 1.39. The van der Waals surface area contributed by atoms with Gasteiger partial charge in [0.05, 0.1) is 19.2 Å². The molecule has 182 valence electrons. The SMILES string of the molecule is CC(C)NC(=O)N(C)C[C@@H]1Oc2ncc(C3=CCCCC3)cc2C(=O)N([C@@H](C)CO)C[C@@H]1C. The van der Waals surface area contributed by atoms with Crippen LogP contribution in [0.3, 0.4) is 0 Å². The molecule has 2 heterocycles. The Bertz CT molecular complexity index is 885. The predicted octanol–water partition coefficient (Wildman–Crippen LogP) is 3.31. The van der Waals surface area contributed by atoms with Crippen molar-refractivity contribution in [2.75, 3.05) is 26.7 Å². The van der Waals surface area contributed by atoms with Crippen molar-refractivity contribution < 1.29 is 19.4 Å². The fourth-order valence-electron chi connectivity index (χ4n) is 4.31. The van der Waals surface area contributed by atoms with Gasteiger partial charge >= 0.3 is 6.03 Å². The number of nitrogens with one attached hydrogen (secondary N) is 1. The van der Waals surface area contributed by atoms with Gasteiger partial charge in [-0.1, -0.05) is 13.0 Å². The highest BCUT2D eigenvalue weighted by Gasteiger charge is 2.35. The van der Waals surface area contributed by atoms with E-state index in [4.69, 9.17) is 4.74 Å². The van der Waals surface area contributed by atoms with Gasteiger partial charge in [0, 0.05) is 31.7 Å². The number of urea groups is 1. The van der Waals surface area contributed by atoms with Crippen molar-refractivity contribution in [2.45, 2.75) is 71.6 Å². The minimum Gasteiger partial charge on any atom is -0.472 e. The third-order valence-corrected chi connectivity index (χ3v) is 6.40. The van der Waals surface area contributed by atoms with Crippen LogP contribution in [0.2, 0.25) is 0 Å². The van der Waals surface area contributed by atoms with Crippen LogP contribution in [-0.4, -0.2) is 76.8 Å². The van der Waals surface area contributed by atoms with Crippen LogP contribution in [0, 0.1) is 5.92 Å². The molecule has 0 bridgehead atoms. The number of pyridine rings is 1. The quantitative estimate of drug-likeness (QED) is 0.682. The van der Waals surface area contributed by atoms with Gasteiger partial charge in [0.1, 0.15) is 11.7 Å². The second-order valence-corrected chi connectivity index (χ2v) is 9.66. The smallest absolute Gasteiger partial charge is 0.317 e. The zero-order valence-electron chi connectivity index (χ0n) is 20.5. The Balaban J connectivity index is 1.95. The van der Waals surface area contributed by atoms with Crippen molar-refractivity contribution in [3.05, 3.63) is 29.5 Å². The Morgan fingerprint density at radius 3 is 2.76 bits per heavy atom. The molecule has 8 heteroatoms. The van der Waals surface area contributed by atoms with Crippen molar-refractivity contribution in [3.8, 4) is 5.88 Å². The van der Waals surface area contributed by atoms with Crippen LogP contribution in [0.25, 0.3) is 5.57 Å². The Kier molecular flexibility index (Phi) is 8.35. The number of carbonyl (C=O) groups is 2. The lowest BCUT2D eigenvalue weighted by Gasteiger charge is -2.37. The summed E-state index contributed by atoms with van der Waals surface area (Å²) >= 11 is 0. The number of rotatable bonds is 6. The first kappa shape index (κ1) is 25.0. The first-order valence-corrected chi connectivity index (χ1v) is 12.0. The van der Waals surface area contributed by atoms with Crippen LogP contribution in [0.1, 0.15) is 69.3 Å². The highest BCUT2D eigenvalue weighted by molar-refractivity contribution is 5.97. The highest BCUT2D eigenvalue weighted by Crippen LogP contribution is 2.32. The number of aliphatic hydroxyl groups excluding tert-OH is 1. The molecule has 1 aromatic rings. The lowest BCUT2D eigenvalue weighted by Crippen LogP contribution is -2.51. The number of ether oxygens (including phenoxy) is 1.